The molecule has 0 radical (unpaired) electrons. The molecular formula is C11H24N2O2. The highest BCUT2D eigenvalue weighted by Crippen LogP contribution is 2.05. The molecule has 0 aliphatic rings. The number of aliphatic hydroxyl groups excluding tert-OH is 1. The molecule has 1 amide bonds. The van der Waals surface area contributed by atoms with E-state index in [1.807, 2.05) is 13.8 Å². The van der Waals surface area contributed by atoms with Gasteiger partial charge in [0.05, 0.1) is 12.1 Å². The predicted octanol–water partition coefficient (Wildman–Crippen LogP) is 0.589. The lowest BCUT2D eigenvalue weighted by atomic mass is 10.0. The number of likely N-dealkylation sites (N-methyl/N-ethyl adjacent to an activating group) is 1. The Morgan fingerprint density at radius 3 is 2.33 bits per heavy atom. The van der Waals surface area contributed by atoms with E-state index >= 15 is 0 Å². The molecule has 0 fully saturated rings. The smallest absolute Gasteiger partial charge is 0.239 e. The van der Waals surface area contributed by atoms with Crippen LogP contribution in [0.3, 0.4) is 0 Å². The van der Waals surface area contributed by atoms with Crippen LogP contribution >= 0.6 is 0 Å². The molecule has 0 aromatic carbocycles. The summed E-state index contributed by atoms with van der Waals surface area (Å²) >= 11 is 0. The summed E-state index contributed by atoms with van der Waals surface area (Å²) in [6.07, 6.45) is 0.927. The van der Waals surface area contributed by atoms with Gasteiger partial charge in [0.1, 0.15) is 0 Å². The minimum absolute atomic E-state index is 0.0376. The van der Waals surface area contributed by atoms with Gasteiger partial charge in [-0.15, -0.1) is 0 Å². The highest BCUT2D eigenvalue weighted by molar-refractivity contribution is 5.81. The third kappa shape index (κ3) is 6.47. The van der Waals surface area contributed by atoms with Crippen molar-refractivity contribution in [2.24, 2.45) is 11.7 Å². The zero-order valence-corrected chi connectivity index (χ0v) is 10.2. The van der Waals surface area contributed by atoms with Crippen LogP contribution in [0.5, 0.6) is 0 Å². The molecule has 1 unspecified atom stereocenters. The molecular weight excluding hydrogens is 192 g/mol. The predicted molar refractivity (Wildman–Crippen MR) is 61.4 cm³/mol. The first kappa shape index (κ1) is 14.4. The van der Waals surface area contributed by atoms with Gasteiger partial charge in [-0.25, -0.2) is 0 Å². The molecule has 0 aliphatic carbocycles. The Morgan fingerprint density at radius 2 is 1.93 bits per heavy atom. The highest BCUT2D eigenvalue weighted by atomic mass is 16.3. The number of hydrogen-bond donors (Lipinski definition) is 2. The van der Waals surface area contributed by atoms with Gasteiger partial charge in [0, 0.05) is 13.6 Å². The molecule has 0 aromatic rings. The number of rotatable bonds is 6. The Morgan fingerprint density at radius 1 is 1.40 bits per heavy atom. The first-order valence-corrected chi connectivity index (χ1v) is 5.53. The van der Waals surface area contributed by atoms with E-state index < -0.39 is 6.04 Å². The summed E-state index contributed by atoms with van der Waals surface area (Å²) in [6, 6.07) is -0.413. The van der Waals surface area contributed by atoms with E-state index in [-0.39, 0.29) is 12.0 Å². The van der Waals surface area contributed by atoms with Gasteiger partial charge in [-0.2, -0.15) is 0 Å². The maximum absolute atomic E-state index is 11.7. The summed E-state index contributed by atoms with van der Waals surface area (Å²) in [5.74, 6) is 0.387. The summed E-state index contributed by atoms with van der Waals surface area (Å²) in [5.41, 5.74) is 5.77. The molecule has 0 aliphatic heterocycles. The Labute approximate surface area is 92.4 Å². The number of hydrogen-bond acceptors (Lipinski definition) is 3. The van der Waals surface area contributed by atoms with E-state index in [0.717, 1.165) is 0 Å². The summed E-state index contributed by atoms with van der Waals surface area (Å²) in [7, 11) is 1.73. The summed E-state index contributed by atoms with van der Waals surface area (Å²) < 4.78 is 0. The van der Waals surface area contributed by atoms with Crippen LogP contribution in [-0.2, 0) is 4.79 Å². The van der Waals surface area contributed by atoms with Crippen LogP contribution in [-0.4, -0.2) is 41.7 Å². The van der Waals surface area contributed by atoms with E-state index in [2.05, 4.69) is 0 Å². The van der Waals surface area contributed by atoms with Crippen molar-refractivity contribution >= 4 is 5.91 Å². The first-order valence-electron chi connectivity index (χ1n) is 5.53. The van der Waals surface area contributed by atoms with E-state index in [9.17, 15) is 4.79 Å². The molecule has 0 rings (SSSR count). The number of carbonyl (C=O) groups is 1. The van der Waals surface area contributed by atoms with Crippen LogP contribution in [0.25, 0.3) is 0 Å². The topological polar surface area (TPSA) is 66.6 Å². The van der Waals surface area contributed by atoms with Crippen LogP contribution < -0.4 is 5.73 Å². The zero-order valence-electron chi connectivity index (χ0n) is 10.2. The van der Waals surface area contributed by atoms with Crippen molar-refractivity contribution in [3.8, 4) is 0 Å². The number of aliphatic hydroxyl groups is 1. The molecule has 0 saturated carbocycles. The van der Waals surface area contributed by atoms with Crippen molar-refractivity contribution in [2.45, 2.75) is 45.8 Å². The van der Waals surface area contributed by atoms with Crippen LogP contribution in [0.2, 0.25) is 0 Å². The molecule has 0 spiro atoms. The Kier molecular flexibility index (Phi) is 6.52. The van der Waals surface area contributed by atoms with Gasteiger partial charge < -0.3 is 15.7 Å². The molecule has 4 nitrogen and oxygen atoms in total. The van der Waals surface area contributed by atoms with Crippen molar-refractivity contribution < 1.29 is 9.90 Å². The van der Waals surface area contributed by atoms with Gasteiger partial charge >= 0.3 is 0 Å². The molecule has 0 saturated heterocycles. The zero-order chi connectivity index (χ0) is 12.0. The Balaban J connectivity index is 3.96. The second-order valence-corrected chi connectivity index (χ2v) is 4.63. The number of carbonyl (C=O) groups excluding carboxylic acids is 1. The Bertz CT molecular complexity index is 193. The SMILES string of the molecule is CC(C)C[C@@H](N)C(=O)N(C)CCC(C)O. The highest BCUT2D eigenvalue weighted by Gasteiger charge is 2.18. The fourth-order valence-electron chi connectivity index (χ4n) is 1.38. The second kappa shape index (κ2) is 6.80. The van der Waals surface area contributed by atoms with Crippen LogP contribution in [0.1, 0.15) is 33.6 Å². The fraction of sp³-hybridized carbons (Fsp3) is 0.909. The Hall–Kier alpha value is -0.610. The van der Waals surface area contributed by atoms with Gasteiger partial charge in [-0.05, 0) is 25.7 Å². The number of nitrogens with two attached hydrogens (primary N) is 1. The maximum atomic E-state index is 11.7. The summed E-state index contributed by atoms with van der Waals surface area (Å²) in [5, 5.41) is 9.10. The molecule has 90 valence electrons. The van der Waals surface area contributed by atoms with Crippen molar-refractivity contribution in [3.05, 3.63) is 0 Å². The van der Waals surface area contributed by atoms with E-state index in [1.165, 1.54) is 0 Å². The van der Waals surface area contributed by atoms with Gasteiger partial charge in [0.25, 0.3) is 0 Å². The largest absolute Gasteiger partial charge is 0.393 e. The maximum Gasteiger partial charge on any atom is 0.239 e. The third-order valence-corrected chi connectivity index (χ3v) is 2.30. The number of amides is 1. The minimum Gasteiger partial charge on any atom is -0.393 e. The summed E-state index contributed by atoms with van der Waals surface area (Å²) in [4.78, 5) is 13.3. The average molecular weight is 216 g/mol. The fourth-order valence-corrected chi connectivity index (χ4v) is 1.38. The molecule has 4 heteroatoms. The monoisotopic (exact) mass is 216 g/mol. The van der Waals surface area contributed by atoms with Crippen molar-refractivity contribution in [1.82, 2.24) is 4.90 Å². The van der Waals surface area contributed by atoms with Gasteiger partial charge in [0.2, 0.25) is 5.91 Å². The molecule has 2 atom stereocenters. The van der Waals surface area contributed by atoms with Crippen molar-refractivity contribution in [3.63, 3.8) is 0 Å². The second-order valence-electron chi connectivity index (χ2n) is 4.63. The van der Waals surface area contributed by atoms with E-state index in [1.54, 1.807) is 18.9 Å². The molecule has 15 heavy (non-hydrogen) atoms. The molecule has 3 N–H and O–H groups in total. The van der Waals surface area contributed by atoms with Gasteiger partial charge in [-0.1, -0.05) is 13.8 Å². The third-order valence-electron chi connectivity index (χ3n) is 2.30. The normalized spacial score (nSPS) is 15.1. The average Bonchev–Trinajstić information content (AvgIpc) is 2.11. The lowest BCUT2D eigenvalue weighted by molar-refractivity contribution is -0.131. The van der Waals surface area contributed by atoms with Crippen LogP contribution in [0.15, 0.2) is 0 Å². The minimum atomic E-state index is -0.413. The number of nitrogens with zero attached hydrogens (tertiary/aromatic N) is 1. The standard InChI is InChI=1S/C11H24N2O2/c1-8(2)7-10(12)11(15)13(4)6-5-9(3)14/h8-10,14H,5-7,12H2,1-4H3/t9?,10-/m1/s1. The lowest BCUT2D eigenvalue weighted by Gasteiger charge is -2.22. The molecule has 0 heterocycles. The van der Waals surface area contributed by atoms with Crippen LogP contribution in [0.4, 0.5) is 0 Å². The van der Waals surface area contributed by atoms with Gasteiger partial charge in [0.15, 0.2) is 0 Å². The van der Waals surface area contributed by atoms with Crippen molar-refractivity contribution in [2.75, 3.05) is 13.6 Å². The van der Waals surface area contributed by atoms with Crippen LogP contribution in [0, 0.1) is 5.92 Å². The quantitative estimate of drug-likeness (QED) is 0.683. The van der Waals surface area contributed by atoms with E-state index in [4.69, 9.17) is 10.8 Å². The first-order chi connectivity index (χ1) is 6.84. The van der Waals surface area contributed by atoms with Crippen molar-refractivity contribution in [1.29, 1.82) is 0 Å². The van der Waals surface area contributed by atoms with Gasteiger partial charge in [-0.3, -0.25) is 4.79 Å². The van der Waals surface area contributed by atoms with E-state index in [0.29, 0.717) is 25.3 Å². The molecule has 0 bridgehead atoms. The lowest BCUT2D eigenvalue weighted by Crippen LogP contribution is -2.43. The summed E-state index contributed by atoms with van der Waals surface area (Å²) in [6.45, 7) is 6.36. The molecule has 0 aromatic heterocycles.